The molecule has 1 amide bonds. The van der Waals surface area contributed by atoms with E-state index in [9.17, 15) is 4.79 Å². The van der Waals surface area contributed by atoms with E-state index >= 15 is 0 Å². The Hall–Kier alpha value is -2.23. The van der Waals surface area contributed by atoms with Crippen LogP contribution in [0.25, 0.3) is 0 Å². The maximum atomic E-state index is 12.1. The molecule has 0 saturated heterocycles. The number of hydrogen-bond donors (Lipinski definition) is 3. The molecule has 1 aromatic heterocycles. The van der Waals surface area contributed by atoms with Gasteiger partial charge >= 0.3 is 0 Å². The van der Waals surface area contributed by atoms with E-state index in [4.69, 9.17) is 4.74 Å². The van der Waals surface area contributed by atoms with Crippen LogP contribution in [0.5, 0.6) is 5.75 Å². The largest absolute Gasteiger partial charge is 0.497 e. The second kappa shape index (κ2) is 13.0. The Labute approximate surface area is 177 Å². The van der Waals surface area contributed by atoms with Gasteiger partial charge in [0.05, 0.1) is 13.7 Å². The van der Waals surface area contributed by atoms with Crippen LogP contribution in [0, 0.1) is 0 Å². The highest BCUT2D eigenvalue weighted by Gasteiger charge is 2.04. The summed E-state index contributed by atoms with van der Waals surface area (Å²) in [4.78, 5) is 16.6. The minimum absolute atomic E-state index is 0. The Kier molecular flexibility index (Phi) is 11.0. The number of benzene rings is 1. The van der Waals surface area contributed by atoms with Crippen LogP contribution in [0.4, 0.5) is 0 Å². The minimum atomic E-state index is -0.117. The summed E-state index contributed by atoms with van der Waals surface area (Å²) >= 11 is 0. The first-order valence-electron chi connectivity index (χ1n) is 8.78. The van der Waals surface area contributed by atoms with Crippen LogP contribution in [0.1, 0.15) is 17.3 Å². The van der Waals surface area contributed by atoms with Crippen molar-refractivity contribution < 1.29 is 9.53 Å². The van der Waals surface area contributed by atoms with Gasteiger partial charge in [0, 0.05) is 44.1 Å². The van der Waals surface area contributed by atoms with Crippen molar-refractivity contribution in [1.82, 2.24) is 20.5 Å². The number of aliphatic imine (C=N–C) groups is 1. The van der Waals surface area contributed by atoms with E-state index in [1.807, 2.05) is 31.5 Å². The van der Waals surface area contributed by atoms with Gasteiger partial charge in [0.1, 0.15) is 5.75 Å². The average molecular weight is 485 g/mol. The Bertz CT molecular complexity index is 687. The molecule has 2 aromatic rings. The van der Waals surface area contributed by atoms with Gasteiger partial charge in [-0.25, -0.2) is 0 Å². The molecule has 7 nitrogen and oxygen atoms in total. The highest BCUT2D eigenvalue weighted by molar-refractivity contribution is 14.0. The van der Waals surface area contributed by atoms with Gasteiger partial charge in [-0.2, -0.15) is 0 Å². The fourth-order valence-corrected chi connectivity index (χ4v) is 2.35. The number of hydrogen-bond acceptors (Lipinski definition) is 3. The number of nitrogens with one attached hydrogen (secondary N) is 3. The maximum absolute atomic E-state index is 12.1. The number of ether oxygens (including phenoxy) is 1. The maximum Gasteiger partial charge on any atom is 0.251 e. The van der Waals surface area contributed by atoms with Gasteiger partial charge in [-0.15, -0.1) is 24.0 Å². The Balaban J connectivity index is 0.00000364. The molecule has 2 rings (SSSR count). The summed E-state index contributed by atoms with van der Waals surface area (Å²) < 4.78 is 7.19. The summed E-state index contributed by atoms with van der Waals surface area (Å²) in [7, 11) is 1.60. The minimum Gasteiger partial charge on any atom is -0.497 e. The van der Waals surface area contributed by atoms with Gasteiger partial charge in [-0.1, -0.05) is 0 Å². The Morgan fingerprint density at radius 3 is 2.41 bits per heavy atom. The van der Waals surface area contributed by atoms with Crippen molar-refractivity contribution in [1.29, 1.82) is 0 Å². The van der Waals surface area contributed by atoms with Gasteiger partial charge in [0.15, 0.2) is 5.96 Å². The molecular formula is C19H28IN5O2. The third kappa shape index (κ3) is 8.33. The molecule has 148 valence electrons. The van der Waals surface area contributed by atoms with Crippen molar-refractivity contribution in [3.8, 4) is 5.75 Å². The number of nitrogens with zero attached hydrogens (tertiary/aromatic N) is 2. The van der Waals surface area contributed by atoms with E-state index in [1.54, 1.807) is 31.4 Å². The number of carbonyl (C=O) groups is 1. The SMILES string of the molecule is CCNC(=NCCNC(=O)c1ccc(OC)cc1)NCCn1cccc1.I. The quantitative estimate of drug-likeness (QED) is 0.220. The highest BCUT2D eigenvalue weighted by atomic mass is 127. The number of amides is 1. The van der Waals surface area contributed by atoms with E-state index in [-0.39, 0.29) is 29.9 Å². The summed E-state index contributed by atoms with van der Waals surface area (Å²) in [5, 5.41) is 9.35. The molecule has 0 unspecified atom stereocenters. The summed E-state index contributed by atoms with van der Waals surface area (Å²) in [5.74, 6) is 1.36. The molecule has 0 spiro atoms. The molecule has 0 radical (unpaired) electrons. The smallest absolute Gasteiger partial charge is 0.251 e. The molecule has 1 aromatic carbocycles. The van der Waals surface area contributed by atoms with E-state index < -0.39 is 0 Å². The van der Waals surface area contributed by atoms with Crippen LogP contribution in [-0.4, -0.2) is 49.7 Å². The number of aromatic nitrogens is 1. The number of halogens is 1. The van der Waals surface area contributed by atoms with Gasteiger partial charge < -0.3 is 25.3 Å². The van der Waals surface area contributed by atoms with Crippen LogP contribution in [0.15, 0.2) is 53.8 Å². The highest BCUT2D eigenvalue weighted by Crippen LogP contribution is 2.10. The normalized spacial score (nSPS) is 10.7. The molecule has 8 heteroatoms. The Morgan fingerprint density at radius 2 is 1.78 bits per heavy atom. The first-order valence-corrected chi connectivity index (χ1v) is 8.78. The van der Waals surface area contributed by atoms with E-state index in [0.717, 1.165) is 31.3 Å². The van der Waals surface area contributed by atoms with Crippen molar-refractivity contribution in [2.75, 3.05) is 33.3 Å². The second-order valence-corrected chi connectivity index (χ2v) is 5.59. The lowest BCUT2D eigenvalue weighted by Gasteiger charge is -2.12. The number of carbonyl (C=O) groups excluding carboxylic acids is 1. The zero-order valence-corrected chi connectivity index (χ0v) is 18.1. The monoisotopic (exact) mass is 485 g/mol. The molecule has 0 bridgehead atoms. The molecule has 0 aliphatic heterocycles. The van der Waals surface area contributed by atoms with Crippen LogP contribution >= 0.6 is 24.0 Å². The van der Waals surface area contributed by atoms with E-state index in [1.165, 1.54) is 0 Å². The third-order valence-corrected chi connectivity index (χ3v) is 3.69. The fraction of sp³-hybridized carbons (Fsp3) is 0.368. The Morgan fingerprint density at radius 1 is 1.07 bits per heavy atom. The van der Waals surface area contributed by atoms with E-state index in [2.05, 4.69) is 25.5 Å². The van der Waals surface area contributed by atoms with Gasteiger partial charge in [0.2, 0.25) is 0 Å². The molecule has 1 heterocycles. The lowest BCUT2D eigenvalue weighted by Crippen LogP contribution is -2.39. The molecule has 3 N–H and O–H groups in total. The number of methoxy groups -OCH3 is 1. The van der Waals surface area contributed by atoms with Crippen LogP contribution in [-0.2, 0) is 6.54 Å². The first kappa shape index (κ1) is 22.8. The molecule has 0 aliphatic rings. The van der Waals surface area contributed by atoms with Crippen molar-refractivity contribution in [2.24, 2.45) is 4.99 Å². The topological polar surface area (TPSA) is 79.7 Å². The molecule has 0 atom stereocenters. The van der Waals surface area contributed by atoms with Gasteiger partial charge in [0.25, 0.3) is 5.91 Å². The van der Waals surface area contributed by atoms with Crippen LogP contribution in [0.2, 0.25) is 0 Å². The zero-order valence-electron chi connectivity index (χ0n) is 15.8. The van der Waals surface area contributed by atoms with Crippen molar-refractivity contribution in [3.63, 3.8) is 0 Å². The number of rotatable bonds is 9. The molecule has 0 aliphatic carbocycles. The van der Waals surface area contributed by atoms with Crippen LogP contribution < -0.4 is 20.7 Å². The number of guanidine groups is 1. The van der Waals surface area contributed by atoms with Gasteiger partial charge in [-0.3, -0.25) is 9.79 Å². The molecular weight excluding hydrogens is 457 g/mol. The predicted molar refractivity (Wildman–Crippen MR) is 119 cm³/mol. The summed E-state index contributed by atoms with van der Waals surface area (Å²) in [6, 6.07) is 11.0. The molecule has 0 fully saturated rings. The lowest BCUT2D eigenvalue weighted by molar-refractivity contribution is 0.0955. The average Bonchev–Trinajstić information content (AvgIpc) is 3.18. The zero-order chi connectivity index (χ0) is 18.6. The van der Waals surface area contributed by atoms with E-state index in [0.29, 0.717) is 18.7 Å². The van der Waals surface area contributed by atoms with Crippen molar-refractivity contribution in [2.45, 2.75) is 13.5 Å². The van der Waals surface area contributed by atoms with Crippen molar-refractivity contribution in [3.05, 3.63) is 54.4 Å². The van der Waals surface area contributed by atoms with Crippen molar-refractivity contribution >= 4 is 35.8 Å². The lowest BCUT2D eigenvalue weighted by atomic mass is 10.2. The standard InChI is InChI=1S/C19H27N5O2.HI/c1-3-20-19(23-12-15-24-13-4-5-14-24)22-11-10-21-18(25)16-6-8-17(26-2)9-7-16;/h4-9,13-14H,3,10-12,15H2,1-2H3,(H,21,25)(H2,20,22,23);1H. The van der Waals surface area contributed by atoms with Gasteiger partial charge in [-0.05, 0) is 43.3 Å². The summed E-state index contributed by atoms with van der Waals surface area (Å²) in [6.45, 7) is 5.42. The molecule has 0 saturated carbocycles. The first-order chi connectivity index (χ1) is 12.7. The van der Waals surface area contributed by atoms with Crippen LogP contribution in [0.3, 0.4) is 0 Å². The summed E-state index contributed by atoms with van der Waals surface area (Å²) in [6.07, 6.45) is 4.06. The summed E-state index contributed by atoms with van der Waals surface area (Å²) in [5.41, 5.74) is 0.603. The fourth-order valence-electron chi connectivity index (χ4n) is 2.35. The predicted octanol–water partition coefficient (Wildman–Crippen LogP) is 2.10. The molecule has 27 heavy (non-hydrogen) atoms. The third-order valence-electron chi connectivity index (χ3n) is 3.69. The second-order valence-electron chi connectivity index (χ2n) is 5.59.